The summed E-state index contributed by atoms with van der Waals surface area (Å²) in [4.78, 5) is 21.9. The standard InChI is InChI=1S/C15H11N3O3/c19-9-10-6-7-12-13(8-10)17-18(14(12)16-15(20)21)11-4-2-1-3-5-11/h1-9,16H,(H,20,21). The molecule has 6 nitrogen and oxygen atoms in total. The smallest absolute Gasteiger partial charge is 0.410 e. The van der Waals surface area contributed by atoms with Gasteiger partial charge in [-0.15, -0.1) is 0 Å². The highest BCUT2D eigenvalue weighted by molar-refractivity contribution is 5.99. The van der Waals surface area contributed by atoms with Gasteiger partial charge in [-0.2, -0.15) is 5.10 Å². The summed E-state index contributed by atoms with van der Waals surface area (Å²) in [7, 11) is 0. The van der Waals surface area contributed by atoms with Crippen LogP contribution in [0.2, 0.25) is 0 Å². The molecule has 0 atom stereocenters. The summed E-state index contributed by atoms with van der Waals surface area (Å²) in [6, 6.07) is 14.1. The quantitative estimate of drug-likeness (QED) is 0.723. The number of carbonyl (C=O) groups is 2. The second-order valence-electron chi connectivity index (χ2n) is 4.42. The summed E-state index contributed by atoms with van der Waals surface area (Å²) in [5.41, 5.74) is 1.76. The second-order valence-corrected chi connectivity index (χ2v) is 4.42. The van der Waals surface area contributed by atoms with Crippen LogP contribution in [-0.4, -0.2) is 27.3 Å². The number of fused-ring (bicyclic) bond motifs is 1. The van der Waals surface area contributed by atoms with Crippen molar-refractivity contribution in [2.45, 2.75) is 0 Å². The predicted molar refractivity (Wildman–Crippen MR) is 78.1 cm³/mol. The fourth-order valence-corrected chi connectivity index (χ4v) is 2.15. The SMILES string of the molecule is O=Cc1ccc2c(NC(=O)O)n(-c3ccccc3)nc2c1. The number of aldehydes is 1. The molecule has 104 valence electrons. The summed E-state index contributed by atoms with van der Waals surface area (Å²) in [5.74, 6) is 0.348. The average Bonchev–Trinajstić information content (AvgIpc) is 2.85. The van der Waals surface area contributed by atoms with Crippen LogP contribution < -0.4 is 5.32 Å². The van der Waals surface area contributed by atoms with Gasteiger partial charge in [-0.05, 0) is 24.3 Å². The molecule has 3 rings (SSSR count). The van der Waals surface area contributed by atoms with Crippen LogP contribution in [0.25, 0.3) is 16.6 Å². The van der Waals surface area contributed by atoms with Crippen LogP contribution in [0.5, 0.6) is 0 Å². The molecular weight excluding hydrogens is 270 g/mol. The number of amides is 1. The molecule has 0 aliphatic rings. The van der Waals surface area contributed by atoms with Gasteiger partial charge in [-0.1, -0.05) is 24.3 Å². The summed E-state index contributed by atoms with van der Waals surface area (Å²) in [6.07, 6.45) is -0.445. The van der Waals surface area contributed by atoms with Gasteiger partial charge in [-0.25, -0.2) is 9.48 Å². The van der Waals surface area contributed by atoms with Gasteiger partial charge >= 0.3 is 6.09 Å². The molecule has 0 aliphatic carbocycles. The van der Waals surface area contributed by atoms with E-state index >= 15 is 0 Å². The van der Waals surface area contributed by atoms with Gasteiger partial charge in [0.25, 0.3) is 0 Å². The van der Waals surface area contributed by atoms with Crippen molar-refractivity contribution in [1.29, 1.82) is 0 Å². The molecular formula is C15H11N3O3. The number of rotatable bonds is 3. The van der Waals surface area contributed by atoms with Crippen molar-refractivity contribution >= 4 is 29.1 Å². The van der Waals surface area contributed by atoms with Crippen molar-refractivity contribution in [2.75, 3.05) is 5.32 Å². The van der Waals surface area contributed by atoms with Gasteiger partial charge in [0, 0.05) is 10.9 Å². The van der Waals surface area contributed by atoms with Crippen LogP contribution in [0.4, 0.5) is 10.6 Å². The number of hydrogen-bond acceptors (Lipinski definition) is 3. The monoisotopic (exact) mass is 281 g/mol. The summed E-state index contributed by atoms with van der Waals surface area (Å²) in [6.45, 7) is 0. The third kappa shape index (κ3) is 2.34. The number of para-hydroxylation sites is 1. The van der Waals surface area contributed by atoms with Crippen molar-refractivity contribution < 1.29 is 14.7 Å². The molecule has 1 heterocycles. The van der Waals surface area contributed by atoms with Crippen LogP contribution in [0.3, 0.4) is 0 Å². The maximum atomic E-state index is 11.0. The van der Waals surface area contributed by atoms with Gasteiger partial charge in [0.15, 0.2) is 0 Å². The minimum absolute atomic E-state index is 0.348. The summed E-state index contributed by atoms with van der Waals surface area (Å²) in [5, 5.41) is 16.4. The van der Waals surface area contributed by atoms with Crippen molar-refractivity contribution in [1.82, 2.24) is 9.78 Å². The fraction of sp³-hybridized carbons (Fsp3) is 0. The lowest BCUT2D eigenvalue weighted by molar-refractivity contribution is 0.112. The third-order valence-electron chi connectivity index (χ3n) is 3.06. The Kier molecular flexibility index (Phi) is 3.12. The first-order valence-electron chi connectivity index (χ1n) is 6.22. The number of nitrogens with zero attached hydrogens (tertiary/aromatic N) is 2. The molecule has 0 bridgehead atoms. The Bertz CT molecular complexity index is 825. The molecule has 0 saturated carbocycles. The number of nitrogens with one attached hydrogen (secondary N) is 1. The number of carboxylic acid groups (broad SMARTS) is 1. The maximum Gasteiger partial charge on any atom is 0.410 e. The molecule has 21 heavy (non-hydrogen) atoms. The highest BCUT2D eigenvalue weighted by Crippen LogP contribution is 2.27. The molecule has 0 saturated heterocycles. The topological polar surface area (TPSA) is 84.2 Å². The summed E-state index contributed by atoms with van der Waals surface area (Å²) < 4.78 is 1.51. The van der Waals surface area contributed by atoms with E-state index in [0.717, 1.165) is 12.0 Å². The normalized spacial score (nSPS) is 10.5. The van der Waals surface area contributed by atoms with Gasteiger partial charge < -0.3 is 5.11 Å². The lowest BCUT2D eigenvalue weighted by atomic mass is 10.2. The molecule has 0 fully saturated rings. The van der Waals surface area contributed by atoms with Crippen LogP contribution in [-0.2, 0) is 0 Å². The molecule has 0 aliphatic heterocycles. The summed E-state index contributed by atoms with van der Waals surface area (Å²) >= 11 is 0. The van der Waals surface area contributed by atoms with E-state index in [-0.39, 0.29) is 0 Å². The number of carbonyl (C=O) groups excluding carboxylic acids is 1. The van der Waals surface area contributed by atoms with Crippen LogP contribution in [0.15, 0.2) is 48.5 Å². The van der Waals surface area contributed by atoms with Crippen molar-refractivity contribution in [3.8, 4) is 5.69 Å². The molecule has 2 aromatic carbocycles. The predicted octanol–water partition coefficient (Wildman–Crippen LogP) is 2.93. The average molecular weight is 281 g/mol. The van der Waals surface area contributed by atoms with Crippen LogP contribution in [0, 0.1) is 0 Å². The van der Waals surface area contributed by atoms with E-state index in [1.807, 2.05) is 30.3 Å². The number of aromatic nitrogens is 2. The Morgan fingerprint density at radius 3 is 2.62 bits per heavy atom. The Morgan fingerprint density at radius 1 is 1.19 bits per heavy atom. The van der Waals surface area contributed by atoms with E-state index in [9.17, 15) is 9.59 Å². The number of anilines is 1. The Labute approximate surface area is 119 Å². The molecule has 0 spiro atoms. The largest absolute Gasteiger partial charge is 0.465 e. The minimum atomic E-state index is -1.17. The first-order chi connectivity index (χ1) is 10.2. The first kappa shape index (κ1) is 12.9. The highest BCUT2D eigenvalue weighted by Gasteiger charge is 2.15. The van der Waals surface area contributed by atoms with E-state index in [2.05, 4.69) is 10.4 Å². The number of hydrogen-bond donors (Lipinski definition) is 2. The Balaban J connectivity index is 2.26. The first-order valence-corrected chi connectivity index (χ1v) is 6.22. The van der Waals surface area contributed by atoms with Crippen LogP contribution in [0.1, 0.15) is 10.4 Å². The lowest BCUT2D eigenvalue weighted by Crippen LogP contribution is -2.12. The third-order valence-corrected chi connectivity index (χ3v) is 3.06. The number of benzene rings is 2. The van der Waals surface area contributed by atoms with Gasteiger partial charge in [0.05, 0.1) is 11.2 Å². The van der Waals surface area contributed by atoms with Crippen molar-refractivity contribution in [3.05, 3.63) is 54.1 Å². The van der Waals surface area contributed by atoms with E-state index in [4.69, 9.17) is 5.11 Å². The van der Waals surface area contributed by atoms with Crippen molar-refractivity contribution in [2.24, 2.45) is 0 Å². The van der Waals surface area contributed by atoms with E-state index < -0.39 is 6.09 Å². The molecule has 2 N–H and O–H groups in total. The van der Waals surface area contributed by atoms with Gasteiger partial charge in [0.1, 0.15) is 12.1 Å². The zero-order valence-corrected chi connectivity index (χ0v) is 10.9. The Hall–Kier alpha value is -3.15. The maximum absolute atomic E-state index is 11.0. The molecule has 6 heteroatoms. The molecule has 0 unspecified atom stereocenters. The van der Waals surface area contributed by atoms with Gasteiger partial charge in [-0.3, -0.25) is 10.1 Å². The molecule has 3 aromatic rings. The zero-order chi connectivity index (χ0) is 14.8. The molecule has 1 amide bonds. The van der Waals surface area contributed by atoms with E-state index in [1.165, 1.54) is 4.68 Å². The second kappa shape index (κ2) is 5.09. The van der Waals surface area contributed by atoms with Crippen LogP contribution >= 0.6 is 0 Å². The fourth-order valence-electron chi connectivity index (χ4n) is 2.15. The van der Waals surface area contributed by atoms with E-state index in [1.54, 1.807) is 18.2 Å². The van der Waals surface area contributed by atoms with E-state index in [0.29, 0.717) is 22.3 Å². The molecule has 0 radical (unpaired) electrons. The zero-order valence-electron chi connectivity index (χ0n) is 10.9. The van der Waals surface area contributed by atoms with Crippen molar-refractivity contribution in [3.63, 3.8) is 0 Å². The Morgan fingerprint density at radius 2 is 1.95 bits per heavy atom. The highest BCUT2D eigenvalue weighted by atomic mass is 16.4. The minimum Gasteiger partial charge on any atom is -0.465 e. The molecule has 1 aromatic heterocycles. The lowest BCUT2D eigenvalue weighted by Gasteiger charge is -2.06. The van der Waals surface area contributed by atoms with Gasteiger partial charge in [0.2, 0.25) is 0 Å².